The summed E-state index contributed by atoms with van der Waals surface area (Å²) in [5.41, 5.74) is 0. The summed E-state index contributed by atoms with van der Waals surface area (Å²) in [7, 11) is 0. The molecule has 0 aromatic heterocycles. The first kappa shape index (κ1) is 11.7. The number of allylic oxidation sites excluding steroid dienone is 2. The molecule has 0 aliphatic rings. The number of hydrogen-bond donors (Lipinski definition) is 0. The lowest BCUT2D eigenvalue weighted by Crippen LogP contribution is -1.95. The van der Waals surface area contributed by atoms with E-state index < -0.39 is 0 Å². The maximum atomic E-state index is 3.88. The molecular weight excluding hydrogens is 144 g/mol. The summed E-state index contributed by atoms with van der Waals surface area (Å²) >= 11 is 0. The van der Waals surface area contributed by atoms with Gasteiger partial charge in [0, 0.05) is 0 Å². The second kappa shape index (κ2) is 8.83. The topological polar surface area (TPSA) is 0 Å². The summed E-state index contributed by atoms with van der Waals surface area (Å²) < 4.78 is 0. The first-order valence-electron chi connectivity index (χ1n) is 5.08. The Kier molecular flexibility index (Phi) is 8.64. The van der Waals surface area contributed by atoms with Gasteiger partial charge in [0.25, 0.3) is 0 Å². The average Bonchev–Trinajstić information content (AvgIpc) is 2.10. The highest BCUT2D eigenvalue weighted by Crippen LogP contribution is 2.15. The molecule has 12 heavy (non-hydrogen) atoms. The van der Waals surface area contributed by atoms with Crippen LogP contribution >= 0.6 is 0 Å². The van der Waals surface area contributed by atoms with Gasteiger partial charge in [-0.25, -0.2) is 0 Å². The normalized spacial score (nSPS) is 13.9. The molecule has 0 N–H and O–H groups in total. The Morgan fingerprint density at radius 2 is 1.92 bits per heavy atom. The molecule has 70 valence electrons. The van der Waals surface area contributed by atoms with E-state index in [0.29, 0.717) is 0 Å². The first-order chi connectivity index (χ1) is 5.85. The second-order valence-electron chi connectivity index (χ2n) is 3.27. The molecule has 0 heterocycles. The van der Waals surface area contributed by atoms with Gasteiger partial charge in [-0.05, 0) is 25.2 Å². The van der Waals surface area contributed by atoms with Crippen LogP contribution in [-0.2, 0) is 0 Å². The van der Waals surface area contributed by atoms with E-state index in [2.05, 4.69) is 32.9 Å². The minimum Gasteiger partial charge on any atom is -0.0885 e. The molecule has 0 fully saturated rings. The van der Waals surface area contributed by atoms with Crippen molar-refractivity contribution in [3.05, 3.63) is 26.0 Å². The van der Waals surface area contributed by atoms with Crippen LogP contribution in [-0.4, -0.2) is 0 Å². The van der Waals surface area contributed by atoms with Crippen LogP contribution in [0.5, 0.6) is 0 Å². The maximum absolute atomic E-state index is 3.88. The van der Waals surface area contributed by atoms with E-state index in [1.807, 2.05) is 0 Å². The summed E-state index contributed by atoms with van der Waals surface area (Å²) in [4.78, 5) is 0. The van der Waals surface area contributed by atoms with Gasteiger partial charge in [0.2, 0.25) is 0 Å². The fraction of sp³-hybridized carbons (Fsp3) is 0.667. The van der Waals surface area contributed by atoms with Crippen LogP contribution < -0.4 is 0 Å². The van der Waals surface area contributed by atoms with Crippen molar-refractivity contribution in [3.63, 3.8) is 0 Å². The SMILES string of the molecule is [CH2]CCC=CCC(CC)CC[CH2]. The molecule has 0 amide bonds. The van der Waals surface area contributed by atoms with Crippen molar-refractivity contribution in [1.29, 1.82) is 0 Å². The molecule has 0 aliphatic heterocycles. The van der Waals surface area contributed by atoms with Crippen LogP contribution in [0.2, 0.25) is 0 Å². The molecule has 0 aromatic rings. The van der Waals surface area contributed by atoms with Crippen molar-refractivity contribution in [3.8, 4) is 0 Å². The highest BCUT2D eigenvalue weighted by atomic mass is 14.1. The molecule has 1 unspecified atom stereocenters. The molecule has 0 nitrogen and oxygen atoms in total. The fourth-order valence-electron chi connectivity index (χ4n) is 1.30. The summed E-state index contributed by atoms with van der Waals surface area (Å²) in [6, 6.07) is 0. The molecule has 1 atom stereocenters. The van der Waals surface area contributed by atoms with Crippen molar-refractivity contribution in [2.24, 2.45) is 5.92 Å². The third-order valence-electron chi connectivity index (χ3n) is 2.20. The highest BCUT2D eigenvalue weighted by Gasteiger charge is 2.00. The van der Waals surface area contributed by atoms with Crippen LogP contribution in [0.25, 0.3) is 0 Å². The Morgan fingerprint density at radius 3 is 2.42 bits per heavy atom. The maximum Gasteiger partial charge on any atom is -0.0322 e. The lowest BCUT2D eigenvalue weighted by molar-refractivity contribution is 0.479. The largest absolute Gasteiger partial charge is 0.0885 e. The van der Waals surface area contributed by atoms with Crippen LogP contribution in [0.3, 0.4) is 0 Å². The van der Waals surface area contributed by atoms with E-state index in [-0.39, 0.29) is 0 Å². The lowest BCUT2D eigenvalue weighted by atomic mass is 9.97. The minimum atomic E-state index is 0.851. The number of hydrogen-bond acceptors (Lipinski definition) is 0. The molecule has 0 aliphatic carbocycles. The smallest absolute Gasteiger partial charge is 0.0322 e. The van der Waals surface area contributed by atoms with Crippen molar-refractivity contribution >= 4 is 0 Å². The third kappa shape index (κ3) is 6.45. The first-order valence-corrected chi connectivity index (χ1v) is 5.08. The Bertz CT molecular complexity index is 103. The quantitative estimate of drug-likeness (QED) is 0.497. The van der Waals surface area contributed by atoms with Gasteiger partial charge in [0.05, 0.1) is 0 Å². The van der Waals surface area contributed by atoms with Crippen molar-refractivity contribution < 1.29 is 0 Å². The van der Waals surface area contributed by atoms with Crippen LogP contribution in [0.1, 0.15) is 45.4 Å². The Morgan fingerprint density at radius 1 is 1.17 bits per heavy atom. The van der Waals surface area contributed by atoms with Crippen LogP contribution in [0.4, 0.5) is 0 Å². The predicted octanol–water partition coefficient (Wildman–Crippen LogP) is 4.19. The zero-order chi connectivity index (χ0) is 9.23. The summed E-state index contributed by atoms with van der Waals surface area (Å²) in [6.45, 7) is 9.94. The molecular formula is C12H22. The molecule has 0 saturated carbocycles. The van der Waals surface area contributed by atoms with Crippen LogP contribution in [0.15, 0.2) is 12.2 Å². The van der Waals surface area contributed by atoms with Gasteiger partial charge in [-0.3, -0.25) is 0 Å². The Labute approximate surface area is 78.1 Å². The van der Waals surface area contributed by atoms with Gasteiger partial charge >= 0.3 is 0 Å². The summed E-state index contributed by atoms with van der Waals surface area (Å²) in [5.74, 6) is 0.851. The molecule has 0 heteroatoms. The van der Waals surface area contributed by atoms with Crippen molar-refractivity contribution in [1.82, 2.24) is 0 Å². The number of rotatable bonds is 7. The molecule has 0 spiro atoms. The molecule has 0 aromatic carbocycles. The van der Waals surface area contributed by atoms with Crippen LogP contribution in [0, 0.1) is 19.8 Å². The molecule has 0 saturated heterocycles. The van der Waals surface area contributed by atoms with E-state index in [1.165, 1.54) is 19.3 Å². The van der Waals surface area contributed by atoms with Crippen molar-refractivity contribution in [2.45, 2.75) is 45.4 Å². The van der Waals surface area contributed by atoms with E-state index in [1.54, 1.807) is 0 Å². The van der Waals surface area contributed by atoms with Crippen molar-refractivity contribution in [2.75, 3.05) is 0 Å². The fourth-order valence-corrected chi connectivity index (χ4v) is 1.30. The minimum absolute atomic E-state index is 0.851. The standard InChI is InChI=1S/C12H22/c1-4-7-8-9-11-12(6-3)10-5-2/h8-9,12H,1-2,4-7,10-11H2,3H3. The summed E-state index contributed by atoms with van der Waals surface area (Å²) in [5, 5.41) is 0. The van der Waals surface area contributed by atoms with Gasteiger partial charge in [0.15, 0.2) is 0 Å². The van der Waals surface area contributed by atoms with Gasteiger partial charge in [-0.15, -0.1) is 0 Å². The molecule has 0 rings (SSSR count). The monoisotopic (exact) mass is 166 g/mol. The van der Waals surface area contributed by atoms with E-state index in [4.69, 9.17) is 0 Å². The lowest BCUT2D eigenvalue weighted by Gasteiger charge is -2.09. The zero-order valence-electron chi connectivity index (χ0n) is 8.39. The molecule has 2 radical (unpaired) electrons. The van der Waals surface area contributed by atoms with Gasteiger partial charge in [0.1, 0.15) is 0 Å². The van der Waals surface area contributed by atoms with E-state index in [0.717, 1.165) is 25.2 Å². The second-order valence-corrected chi connectivity index (χ2v) is 3.27. The summed E-state index contributed by atoms with van der Waals surface area (Å²) in [6.07, 6.45) is 11.5. The Hall–Kier alpha value is -0.260. The predicted molar refractivity (Wildman–Crippen MR) is 56.7 cm³/mol. The van der Waals surface area contributed by atoms with Gasteiger partial charge in [-0.1, -0.05) is 52.2 Å². The number of unbranched alkanes of at least 4 members (excludes halogenated alkanes) is 1. The van der Waals surface area contributed by atoms with E-state index >= 15 is 0 Å². The Balaban J connectivity index is 3.42. The average molecular weight is 166 g/mol. The van der Waals surface area contributed by atoms with E-state index in [9.17, 15) is 0 Å². The van der Waals surface area contributed by atoms with Gasteiger partial charge < -0.3 is 0 Å². The third-order valence-corrected chi connectivity index (χ3v) is 2.20. The molecule has 0 bridgehead atoms. The van der Waals surface area contributed by atoms with Gasteiger partial charge in [-0.2, -0.15) is 0 Å². The highest BCUT2D eigenvalue weighted by molar-refractivity contribution is 4.84. The zero-order valence-corrected chi connectivity index (χ0v) is 8.39.